The van der Waals surface area contributed by atoms with Crippen LogP contribution in [-0.2, 0) is 24.3 Å². The minimum atomic E-state index is -3.71. The Morgan fingerprint density at radius 3 is 2.28 bits per heavy atom. The van der Waals surface area contributed by atoms with E-state index in [1.54, 1.807) is 31.2 Å². The number of nitrogens with zero attached hydrogens (tertiary/aromatic N) is 1. The van der Waals surface area contributed by atoms with Gasteiger partial charge in [0.15, 0.2) is 0 Å². The molecule has 8 nitrogen and oxygen atoms in total. The number of amides is 1. The fourth-order valence-corrected chi connectivity index (χ4v) is 4.99. The molecule has 186 valence electrons. The van der Waals surface area contributed by atoms with Gasteiger partial charge in [0.05, 0.1) is 29.3 Å². The highest BCUT2D eigenvalue weighted by Crippen LogP contribution is 2.37. The first-order valence-electron chi connectivity index (χ1n) is 11.6. The zero-order chi connectivity index (χ0) is 25.7. The van der Waals surface area contributed by atoms with E-state index < -0.39 is 22.5 Å². The van der Waals surface area contributed by atoms with Crippen LogP contribution in [0.15, 0.2) is 78.9 Å². The first-order chi connectivity index (χ1) is 17.3. The molecule has 0 radical (unpaired) electrons. The quantitative estimate of drug-likeness (QED) is 0.331. The van der Waals surface area contributed by atoms with Gasteiger partial charge in [0.1, 0.15) is 6.54 Å². The third kappa shape index (κ3) is 5.26. The van der Waals surface area contributed by atoms with E-state index in [2.05, 4.69) is 10.6 Å². The number of fused-ring (bicyclic) bond motifs is 1. The normalized spacial score (nSPS) is 14.0. The van der Waals surface area contributed by atoms with Gasteiger partial charge in [0.25, 0.3) is 5.91 Å². The lowest BCUT2D eigenvalue weighted by Crippen LogP contribution is -2.37. The number of hydrogen-bond acceptors (Lipinski definition) is 6. The molecule has 0 saturated carbocycles. The molecule has 0 fully saturated rings. The van der Waals surface area contributed by atoms with E-state index in [9.17, 15) is 18.0 Å². The van der Waals surface area contributed by atoms with Crippen LogP contribution in [0, 0.1) is 0 Å². The summed E-state index contributed by atoms with van der Waals surface area (Å²) in [7, 11) is -3.71. The van der Waals surface area contributed by atoms with Crippen molar-refractivity contribution in [1.82, 2.24) is 0 Å². The van der Waals surface area contributed by atoms with Crippen molar-refractivity contribution in [3.05, 3.63) is 90.0 Å². The molecule has 0 saturated heterocycles. The average Bonchev–Trinajstić information content (AvgIpc) is 3.22. The highest BCUT2D eigenvalue weighted by molar-refractivity contribution is 7.92. The van der Waals surface area contributed by atoms with Gasteiger partial charge in [-0.2, -0.15) is 0 Å². The van der Waals surface area contributed by atoms with E-state index in [0.29, 0.717) is 22.6 Å². The molecule has 9 heteroatoms. The Kier molecular flexibility index (Phi) is 7.40. The molecule has 0 unspecified atom stereocenters. The number of rotatable bonds is 9. The van der Waals surface area contributed by atoms with Crippen LogP contribution in [-0.4, -0.2) is 39.2 Å². The summed E-state index contributed by atoms with van der Waals surface area (Å²) in [6, 6.07) is 23.6. The maximum atomic E-state index is 13.0. The fourth-order valence-electron chi connectivity index (χ4n) is 3.93. The lowest BCUT2D eigenvalue weighted by Gasteiger charge is -2.23. The molecule has 1 amide bonds. The Bertz CT molecular complexity index is 1400. The lowest BCUT2D eigenvalue weighted by atomic mass is 10.00. The molecule has 4 rings (SSSR count). The van der Waals surface area contributed by atoms with Crippen molar-refractivity contribution in [1.29, 1.82) is 0 Å². The number of benzene rings is 3. The number of hydrogen-bond donors (Lipinski definition) is 2. The fraction of sp³-hybridized carbons (Fsp3) is 0.185. The van der Waals surface area contributed by atoms with Gasteiger partial charge in [-0.25, -0.2) is 8.42 Å². The minimum absolute atomic E-state index is 0.162. The number of sulfonamides is 1. The molecule has 1 heterocycles. The van der Waals surface area contributed by atoms with Crippen LogP contribution in [0.25, 0.3) is 11.3 Å². The number of para-hydroxylation sites is 1. The summed E-state index contributed by atoms with van der Waals surface area (Å²) >= 11 is 0. The predicted octanol–water partition coefficient (Wildman–Crippen LogP) is 4.34. The van der Waals surface area contributed by atoms with Crippen molar-refractivity contribution in [2.45, 2.75) is 13.8 Å². The average molecular weight is 506 g/mol. The Balaban J connectivity index is 1.71. The second-order valence-corrected chi connectivity index (χ2v) is 10.2. The summed E-state index contributed by atoms with van der Waals surface area (Å²) in [5, 5.41) is 6.25. The SMILES string of the molecule is CCOC(=O)CN(c1ccc(N/C(=C2\C(=O)Nc3ccccc32)c2ccccc2)cc1)S(=O)(=O)CC. The van der Waals surface area contributed by atoms with E-state index in [4.69, 9.17) is 4.74 Å². The molecule has 0 aromatic heterocycles. The third-order valence-electron chi connectivity index (χ3n) is 5.69. The second-order valence-electron chi connectivity index (χ2n) is 8.00. The molecule has 0 atom stereocenters. The number of ether oxygens (including phenoxy) is 1. The summed E-state index contributed by atoms with van der Waals surface area (Å²) < 4.78 is 31.3. The molecule has 1 aliphatic rings. The topological polar surface area (TPSA) is 105 Å². The molecule has 1 aliphatic heterocycles. The number of esters is 1. The van der Waals surface area contributed by atoms with Gasteiger partial charge in [-0.1, -0.05) is 48.5 Å². The summed E-state index contributed by atoms with van der Waals surface area (Å²) in [5.74, 6) is -1.00. The Hall–Kier alpha value is -4.11. The summed E-state index contributed by atoms with van der Waals surface area (Å²) in [6.45, 7) is 2.94. The highest BCUT2D eigenvalue weighted by Gasteiger charge is 2.28. The first kappa shape index (κ1) is 25.0. The second kappa shape index (κ2) is 10.7. The van der Waals surface area contributed by atoms with Gasteiger partial charge in [-0.15, -0.1) is 0 Å². The monoisotopic (exact) mass is 505 g/mol. The maximum absolute atomic E-state index is 13.0. The molecule has 0 bridgehead atoms. The highest BCUT2D eigenvalue weighted by atomic mass is 32.2. The number of anilines is 3. The van der Waals surface area contributed by atoms with Crippen molar-refractivity contribution in [3.63, 3.8) is 0 Å². The first-order valence-corrected chi connectivity index (χ1v) is 13.2. The zero-order valence-corrected chi connectivity index (χ0v) is 20.8. The molecule has 0 spiro atoms. The van der Waals surface area contributed by atoms with Crippen LogP contribution in [0.1, 0.15) is 25.0 Å². The van der Waals surface area contributed by atoms with E-state index in [0.717, 1.165) is 21.1 Å². The largest absolute Gasteiger partial charge is 0.465 e. The number of carbonyl (C=O) groups excluding carboxylic acids is 2. The van der Waals surface area contributed by atoms with Crippen LogP contribution >= 0.6 is 0 Å². The molecular formula is C27H27N3O5S. The van der Waals surface area contributed by atoms with Gasteiger partial charge in [0.2, 0.25) is 10.0 Å². The van der Waals surface area contributed by atoms with Crippen LogP contribution < -0.4 is 14.9 Å². The predicted molar refractivity (Wildman–Crippen MR) is 142 cm³/mol. The Morgan fingerprint density at radius 1 is 0.944 bits per heavy atom. The van der Waals surface area contributed by atoms with E-state index in [1.165, 1.54) is 6.92 Å². The molecule has 36 heavy (non-hydrogen) atoms. The van der Waals surface area contributed by atoms with Gasteiger partial charge < -0.3 is 15.4 Å². The van der Waals surface area contributed by atoms with E-state index in [1.807, 2.05) is 54.6 Å². The summed E-state index contributed by atoms with van der Waals surface area (Å²) in [6.07, 6.45) is 0. The summed E-state index contributed by atoms with van der Waals surface area (Å²) in [4.78, 5) is 25.0. The maximum Gasteiger partial charge on any atom is 0.326 e. The number of carbonyl (C=O) groups is 2. The smallest absolute Gasteiger partial charge is 0.326 e. The van der Waals surface area contributed by atoms with Gasteiger partial charge in [-0.05, 0) is 49.7 Å². The van der Waals surface area contributed by atoms with Crippen molar-refractivity contribution in [2.75, 3.05) is 33.8 Å². The molecule has 2 N–H and O–H groups in total. The lowest BCUT2D eigenvalue weighted by molar-refractivity contribution is -0.141. The van der Waals surface area contributed by atoms with Crippen molar-refractivity contribution in [3.8, 4) is 0 Å². The molecular weight excluding hydrogens is 478 g/mol. The Labute approximate surface area is 210 Å². The van der Waals surface area contributed by atoms with Crippen LogP contribution in [0.3, 0.4) is 0 Å². The van der Waals surface area contributed by atoms with Crippen LogP contribution in [0.5, 0.6) is 0 Å². The van der Waals surface area contributed by atoms with Crippen molar-refractivity contribution >= 4 is 50.2 Å². The summed E-state index contributed by atoms with van der Waals surface area (Å²) in [5.41, 5.74) is 4.47. The Morgan fingerprint density at radius 2 is 1.61 bits per heavy atom. The molecule has 3 aromatic rings. The molecule has 3 aromatic carbocycles. The van der Waals surface area contributed by atoms with E-state index in [-0.39, 0.29) is 18.3 Å². The van der Waals surface area contributed by atoms with Crippen molar-refractivity contribution < 1.29 is 22.7 Å². The van der Waals surface area contributed by atoms with Gasteiger partial charge in [-0.3, -0.25) is 13.9 Å². The van der Waals surface area contributed by atoms with Crippen LogP contribution in [0.2, 0.25) is 0 Å². The standard InChI is InChI=1S/C27H27N3O5S/c1-3-35-24(31)18-30(36(33,34)4-2)21-16-14-20(15-17-21)28-26(19-10-6-5-7-11-19)25-22-12-8-9-13-23(22)29-27(25)32/h5-17,28H,3-4,18H2,1-2H3,(H,29,32)/b26-25-. The van der Waals surface area contributed by atoms with Crippen molar-refractivity contribution in [2.24, 2.45) is 0 Å². The third-order valence-corrected chi connectivity index (χ3v) is 7.43. The zero-order valence-electron chi connectivity index (χ0n) is 20.0. The van der Waals surface area contributed by atoms with Crippen LogP contribution in [0.4, 0.5) is 17.1 Å². The minimum Gasteiger partial charge on any atom is -0.465 e. The van der Waals surface area contributed by atoms with E-state index >= 15 is 0 Å². The molecule has 0 aliphatic carbocycles. The van der Waals surface area contributed by atoms with Gasteiger partial charge in [0, 0.05) is 16.9 Å². The van der Waals surface area contributed by atoms with Gasteiger partial charge >= 0.3 is 5.97 Å². The number of nitrogens with one attached hydrogen (secondary N) is 2.